The fourth-order valence-corrected chi connectivity index (χ4v) is 2.87. The third-order valence-electron chi connectivity index (χ3n) is 4.42. The van der Waals surface area contributed by atoms with Crippen LogP contribution in [0.25, 0.3) is 0 Å². The Morgan fingerprint density at radius 3 is 2.18 bits per heavy atom. The highest BCUT2D eigenvalue weighted by Gasteiger charge is 2.37. The Morgan fingerprint density at radius 1 is 0.955 bits per heavy atom. The minimum absolute atomic E-state index is 0.0800. The Morgan fingerprint density at radius 2 is 1.55 bits per heavy atom. The topological polar surface area (TPSA) is 21.7 Å². The molecule has 3 rings (SSSR count). The van der Waals surface area contributed by atoms with Gasteiger partial charge in [0.15, 0.2) is 0 Å². The van der Waals surface area contributed by atoms with Gasteiger partial charge < -0.3 is 14.4 Å². The number of benzene rings is 2. The number of nitrogens with zero attached hydrogens (tertiary/aromatic N) is 1. The number of hydrogen-bond donors (Lipinski definition) is 0. The van der Waals surface area contributed by atoms with Crippen molar-refractivity contribution in [1.82, 2.24) is 0 Å². The summed E-state index contributed by atoms with van der Waals surface area (Å²) in [5.74, 6) is 2.45. The average Bonchev–Trinajstić information content (AvgIpc) is 2.69. The lowest BCUT2D eigenvalue weighted by molar-refractivity contribution is 0.413. The molecular formula is C19H21NO2. The molecule has 0 spiro atoms. The number of anilines is 1. The Hall–Kier alpha value is -2.42. The number of rotatable bonds is 3. The van der Waals surface area contributed by atoms with Gasteiger partial charge in [0, 0.05) is 23.8 Å². The van der Waals surface area contributed by atoms with Crippen LogP contribution in [0.5, 0.6) is 17.2 Å². The molecule has 0 unspecified atom stereocenters. The van der Waals surface area contributed by atoms with Crippen molar-refractivity contribution in [1.29, 1.82) is 0 Å². The highest BCUT2D eigenvalue weighted by molar-refractivity contribution is 5.70. The van der Waals surface area contributed by atoms with Gasteiger partial charge in [-0.2, -0.15) is 0 Å². The van der Waals surface area contributed by atoms with Crippen molar-refractivity contribution < 1.29 is 9.47 Å². The first kappa shape index (κ1) is 14.5. The van der Waals surface area contributed by atoms with E-state index in [4.69, 9.17) is 9.47 Å². The van der Waals surface area contributed by atoms with Crippen LogP contribution in [0.2, 0.25) is 0 Å². The molecule has 0 N–H and O–H groups in total. The second kappa shape index (κ2) is 5.09. The maximum Gasteiger partial charge on any atom is 0.127 e. The monoisotopic (exact) mass is 295 g/mol. The lowest BCUT2D eigenvalue weighted by Gasteiger charge is -2.22. The Kier molecular flexibility index (Phi) is 3.36. The molecule has 0 aromatic heterocycles. The maximum absolute atomic E-state index is 5.96. The van der Waals surface area contributed by atoms with E-state index in [1.54, 1.807) is 7.11 Å². The van der Waals surface area contributed by atoms with E-state index < -0.39 is 0 Å². The van der Waals surface area contributed by atoms with Gasteiger partial charge in [-0.3, -0.25) is 0 Å². The van der Waals surface area contributed by atoms with E-state index in [0.29, 0.717) is 0 Å². The van der Waals surface area contributed by atoms with Gasteiger partial charge in [0.1, 0.15) is 17.2 Å². The number of allylic oxidation sites excluding steroid dienone is 1. The molecule has 22 heavy (non-hydrogen) atoms. The molecule has 2 aromatic rings. The van der Waals surface area contributed by atoms with Gasteiger partial charge in [-0.1, -0.05) is 20.4 Å². The van der Waals surface area contributed by atoms with Gasteiger partial charge in [-0.15, -0.1) is 0 Å². The summed E-state index contributed by atoms with van der Waals surface area (Å²) in [5, 5.41) is 0. The highest BCUT2D eigenvalue weighted by atomic mass is 16.5. The van der Waals surface area contributed by atoms with Crippen LogP contribution in [-0.4, -0.2) is 14.2 Å². The molecule has 0 radical (unpaired) electrons. The first-order chi connectivity index (χ1) is 10.4. The van der Waals surface area contributed by atoms with Crippen molar-refractivity contribution in [2.75, 3.05) is 19.1 Å². The molecule has 0 saturated carbocycles. The molecule has 2 aromatic carbocycles. The van der Waals surface area contributed by atoms with Gasteiger partial charge in [0.05, 0.1) is 7.11 Å². The molecule has 1 aliphatic rings. The lowest BCUT2D eigenvalue weighted by Crippen LogP contribution is -2.21. The molecular weight excluding hydrogens is 274 g/mol. The van der Waals surface area contributed by atoms with E-state index in [1.807, 2.05) is 30.3 Å². The Bertz CT molecular complexity index is 717. The number of likely N-dealkylation sites (N-methyl/N-ethyl adjacent to an activating group) is 1. The number of ether oxygens (including phenoxy) is 2. The summed E-state index contributed by atoms with van der Waals surface area (Å²) in [7, 11) is 3.71. The smallest absolute Gasteiger partial charge is 0.127 e. The summed E-state index contributed by atoms with van der Waals surface area (Å²) < 4.78 is 11.1. The van der Waals surface area contributed by atoms with Gasteiger partial charge in [0.2, 0.25) is 0 Å². The van der Waals surface area contributed by atoms with Crippen LogP contribution in [0.4, 0.5) is 5.69 Å². The van der Waals surface area contributed by atoms with E-state index in [9.17, 15) is 0 Å². The highest BCUT2D eigenvalue weighted by Crippen LogP contribution is 2.47. The zero-order valence-corrected chi connectivity index (χ0v) is 13.5. The Balaban J connectivity index is 1.91. The summed E-state index contributed by atoms with van der Waals surface area (Å²) in [6.07, 6.45) is 0. The van der Waals surface area contributed by atoms with E-state index in [-0.39, 0.29) is 5.41 Å². The molecule has 114 valence electrons. The van der Waals surface area contributed by atoms with Crippen molar-refractivity contribution in [3.05, 3.63) is 60.3 Å². The predicted octanol–water partition coefficient (Wildman–Crippen LogP) is 4.73. The first-order valence-corrected chi connectivity index (χ1v) is 7.33. The molecule has 0 amide bonds. The molecule has 3 heteroatoms. The molecule has 1 aliphatic heterocycles. The van der Waals surface area contributed by atoms with Crippen molar-refractivity contribution in [2.45, 2.75) is 19.3 Å². The zero-order chi connectivity index (χ0) is 15.9. The summed E-state index contributed by atoms with van der Waals surface area (Å²) >= 11 is 0. The van der Waals surface area contributed by atoms with Gasteiger partial charge >= 0.3 is 0 Å². The molecule has 0 fully saturated rings. The fraction of sp³-hybridized carbons (Fsp3) is 0.263. The minimum atomic E-state index is -0.0800. The number of methoxy groups -OCH3 is 1. The molecule has 3 nitrogen and oxygen atoms in total. The summed E-state index contributed by atoms with van der Waals surface area (Å²) in [6, 6.07) is 13.8. The Labute approximate surface area is 131 Å². The minimum Gasteiger partial charge on any atom is -0.497 e. The first-order valence-electron chi connectivity index (χ1n) is 7.33. The van der Waals surface area contributed by atoms with Crippen molar-refractivity contribution >= 4 is 5.69 Å². The third-order valence-corrected chi connectivity index (χ3v) is 4.42. The molecule has 1 heterocycles. The predicted molar refractivity (Wildman–Crippen MR) is 90.1 cm³/mol. The van der Waals surface area contributed by atoms with Crippen molar-refractivity contribution in [2.24, 2.45) is 0 Å². The summed E-state index contributed by atoms with van der Waals surface area (Å²) in [4.78, 5) is 2.15. The number of fused-ring (bicyclic) bond motifs is 1. The van der Waals surface area contributed by atoms with Crippen LogP contribution >= 0.6 is 0 Å². The van der Waals surface area contributed by atoms with Gasteiger partial charge in [-0.25, -0.2) is 0 Å². The van der Waals surface area contributed by atoms with Crippen LogP contribution in [0.15, 0.2) is 54.7 Å². The van der Waals surface area contributed by atoms with Crippen molar-refractivity contribution in [3.8, 4) is 17.2 Å². The van der Waals surface area contributed by atoms with Crippen LogP contribution < -0.4 is 14.4 Å². The SMILES string of the molecule is C=C1N(C)c2ccc(Oc3ccc(OC)cc3)cc2C1(C)C. The van der Waals surface area contributed by atoms with Gasteiger partial charge in [0.25, 0.3) is 0 Å². The average molecular weight is 295 g/mol. The molecule has 0 atom stereocenters. The van der Waals surface area contributed by atoms with Crippen molar-refractivity contribution in [3.63, 3.8) is 0 Å². The second-order valence-electron chi connectivity index (χ2n) is 6.09. The second-order valence-corrected chi connectivity index (χ2v) is 6.09. The summed E-state index contributed by atoms with van der Waals surface area (Å²) in [5.41, 5.74) is 3.45. The van der Waals surface area contributed by atoms with E-state index in [2.05, 4.69) is 44.5 Å². The molecule has 0 bridgehead atoms. The van der Waals surface area contributed by atoms with Crippen LogP contribution in [-0.2, 0) is 5.41 Å². The third kappa shape index (κ3) is 2.23. The zero-order valence-electron chi connectivity index (χ0n) is 13.5. The normalized spacial score (nSPS) is 15.6. The molecule has 0 aliphatic carbocycles. The van der Waals surface area contributed by atoms with E-state index in [0.717, 1.165) is 22.9 Å². The number of hydrogen-bond acceptors (Lipinski definition) is 3. The van der Waals surface area contributed by atoms with E-state index in [1.165, 1.54) is 11.3 Å². The van der Waals surface area contributed by atoms with Crippen LogP contribution in [0.3, 0.4) is 0 Å². The van der Waals surface area contributed by atoms with Crippen LogP contribution in [0.1, 0.15) is 19.4 Å². The van der Waals surface area contributed by atoms with E-state index >= 15 is 0 Å². The van der Waals surface area contributed by atoms with Gasteiger partial charge in [-0.05, 0) is 48.0 Å². The largest absolute Gasteiger partial charge is 0.497 e. The summed E-state index contributed by atoms with van der Waals surface area (Å²) in [6.45, 7) is 8.59. The quantitative estimate of drug-likeness (QED) is 0.817. The molecule has 0 saturated heterocycles. The lowest BCUT2D eigenvalue weighted by atomic mass is 9.84. The van der Waals surface area contributed by atoms with Crippen LogP contribution in [0, 0.1) is 0 Å². The maximum atomic E-state index is 5.96. The fourth-order valence-electron chi connectivity index (χ4n) is 2.87. The standard InChI is InChI=1S/C19H21NO2/c1-13-19(2,3)17-12-16(10-11-18(17)20(13)4)22-15-8-6-14(21-5)7-9-15/h6-12H,1H2,2-5H3.